The molecule has 0 spiro atoms. The fourth-order valence-corrected chi connectivity index (χ4v) is 2.67. The van der Waals surface area contributed by atoms with E-state index in [0.29, 0.717) is 0 Å². The summed E-state index contributed by atoms with van der Waals surface area (Å²) in [5, 5.41) is 40.4. The van der Waals surface area contributed by atoms with Crippen molar-refractivity contribution in [2.45, 2.75) is 18.6 Å². The molecule has 0 saturated carbocycles. The van der Waals surface area contributed by atoms with Crippen LogP contribution in [0, 0.1) is 10.1 Å². The molecule has 3 rings (SSSR count). The number of carboxylic acid groups (broad SMARTS) is 1. The van der Waals surface area contributed by atoms with E-state index in [0.717, 1.165) is 29.7 Å². The quantitative estimate of drug-likeness (QED) is 0.346. The number of carbonyl (C=O) groups is 1. The highest BCUT2D eigenvalue weighted by atomic mass is 19.4. The van der Waals surface area contributed by atoms with E-state index in [1.54, 1.807) is 24.3 Å². The maximum Gasteiger partial charge on any atom is 0.490 e. The Hall–Kier alpha value is -3.34. The van der Waals surface area contributed by atoms with Crippen LogP contribution >= 0.6 is 0 Å². The molecule has 0 aliphatic carbocycles. The molecule has 2 aromatic carbocycles. The normalized spacial score (nSPS) is 15.8. The van der Waals surface area contributed by atoms with E-state index in [-0.39, 0.29) is 23.2 Å². The number of benzene rings is 2. The number of rotatable bonds is 2. The lowest BCUT2D eigenvalue weighted by Gasteiger charge is -2.27. The van der Waals surface area contributed by atoms with E-state index in [2.05, 4.69) is 5.32 Å². The molecule has 0 radical (unpaired) electrons. The molecule has 28 heavy (non-hydrogen) atoms. The number of carboxylic acids is 1. The lowest BCUT2D eigenvalue weighted by atomic mass is 9.89. The van der Waals surface area contributed by atoms with Gasteiger partial charge in [0.2, 0.25) is 0 Å². The van der Waals surface area contributed by atoms with Gasteiger partial charge in [0.05, 0.1) is 11.0 Å². The molecule has 1 aliphatic heterocycles. The second kappa shape index (κ2) is 8.13. The van der Waals surface area contributed by atoms with Gasteiger partial charge in [-0.05, 0) is 35.2 Å². The molecule has 0 amide bonds. The molecule has 1 atom stereocenters. The minimum absolute atomic E-state index is 0.0448. The summed E-state index contributed by atoms with van der Waals surface area (Å²) in [6.45, 7) is 0.735. The number of nitro benzene ring substituents is 1. The van der Waals surface area contributed by atoms with Crippen LogP contribution in [0.2, 0.25) is 0 Å². The van der Waals surface area contributed by atoms with Crippen molar-refractivity contribution in [2.24, 2.45) is 0 Å². The van der Waals surface area contributed by atoms with Crippen molar-refractivity contribution < 1.29 is 38.2 Å². The van der Waals surface area contributed by atoms with Crippen LogP contribution in [0.5, 0.6) is 11.5 Å². The molecule has 150 valence electrons. The van der Waals surface area contributed by atoms with Crippen molar-refractivity contribution in [1.82, 2.24) is 5.32 Å². The standard InChI is InChI=1S/C15H14N2O4.C2HF3O2/c18-13-7-10-5-6-16-15(12(10)8-14(13)19)9-1-3-11(4-2-9)17(20)21;3-2(4,5)1(6)7/h1-4,7-8,15-16,18-19H,5-6H2;(H,6,7). The van der Waals surface area contributed by atoms with E-state index in [1.165, 1.54) is 12.1 Å². The topological polar surface area (TPSA) is 133 Å². The fraction of sp³-hybridized carbons (Fsp3) is 0.235. The third-order valence-corrected chi connectivity index (χ3v) is 3.97. The first-order chi connectivity index (χ1) is 13.0. The van der Waals surface area contributed by atoms with Crippen LogP contribution in [0.15, 0.2) is 36.4 Å². The lowest BCUT2D eigenvalue weighted by Crippen LogP contribution is -2.30. The molecule has 0 fully saturated rings. The molecule has 1 heterocycles. The second-order valence-corrected chi connectivity index (χ2v) is 5.83. The van der Waals surface area contributed by atoms with Gasteiger partial charge < -0.3 is 20.6 Å². The fourth-order valence-electron chi connectivity index (χ4n) is 2.67. The van der Waals surface area contributed by atoms with Crippen molar-refractivity contribution in [2.75, 3.05) is 6.54 Å². The Bertz CT molecular complexity index is 884. The van der Waals surface area contributed by atoms with Crippen molar-refractivity contribution in [1.29, 1.82) is 0 Å². The number of nitrogens with zero attached hydrogens (tertiary/aromatic N) is 1. The number of phenolic OH excluding ortho intramolecular Hbond substituents is 2. The van der Waals surface area contributed by atoms with Gasteiger partial charge in [0.25, 0.3) is 5.69 Å². The molecule has 4 N–H and O–H groups in total. The molecular formula is C17H15F3N2O6. The second-order valence-electron chi connectivity index (χ2n) is 5.83. The number of hydrogen-bond acceptors (Lipinski definition) is 6. The predicted molar refractivity (Wildman–Crippen MR) is 90.1 cm³/mol. The monoisotopic (exact) mass is 400 g/mol. The molecule has 1 unspecified atom stereocenters. The zero-order chi connectivity index (χ0) is 21.1. The van der Waals surface area contributed by atoms with Crippen LogP contribution in [0.3, 0.4) is 0 Å². The molecule has 11 heteroatoms. The first-order valence-electron chi connectivity index (χ1n) is 7.83. The first-order valence-corrected chi connectivity index (χ1v) is 7.83. The molecule has 0 aromatic heterocycles. The van der Waals surface area contributed by atoms with Crippen LogP contribution in [-0.2, 0) is 11.2 Å². The number of fused-ring (bicyclic) bond motifs is 1. The smallest absolute Gasteiger partial charge is 0.490 e. The van der Waals surface area contributed by atoms with Gasteiger partial charge in [-0.15, -0.1) is 0 Å². The maximum absolute atomic E-state index is 10.7. The Morgan fingerprint density at radius 1 is 1.14 bits per heavy atom. The van der Waals surface area contributed by atoms with Gasteiger partial charge in [-0.3, -0.25) is 10.1 Å². The summed E-state index contributed by atoms with van der Waals surface area (Å²) in [6.07, 6.45) is -4.33. The zero-order valence-electron chi connectivity index (χ0n) is 14.1. The van der Waals surface area contributed by atoms with E-state index in [9.17, 15) is 33.5 Å². The van der Waals surface area contributed by atoms with Gasteiger partial charge >= 0.3 is 12.1 Å². The summed E-state index contributed by atoms with van der Waals surface area (Å²) in [4.78, 5) is 19.2. The Morgan fingerprint density at radius 3 is 2.18 bits per heavy atom. The largest absolute Gasteiger partial charge is 0.504 e. The molecular weight excluding hydrogens is 385 g/mol. The number of nitrogens with one attached hydrogen (secondary N) is 1. The molecule has 1 aliphatic rings. The van der Waals surface area contributed by atoms with Gasteiger partial charge in [0, 0.05) is 18.7 Å². The summed E-state index contributed by atoms with van der Waals surface area (Å²) in [6, 6.07) is 9.30. The van der Waals surface area contributed by atoms with Crippen LogP contribution in [0.4, 0.5) is 18.9 Å². The minimum atomic E-state index is -5.08. The predicted octanol–water partition coefficient (Wildman–Crippen LogP) is 2.87. The van der Waals surface area contributed by atoms with Crippen molar-refractivity contribution in [3.8, 4) is 11.5 Å². The Balaban J connectivity index is 0.000000345. The summed E-state index contributed by atoms with van der Waals surface area (Å²) < 4.78 is 31.7. The minimum Gasteiger partial charge on any atom is -0.504 e. The molecule has 2 aromatic rings. The summed E-state index contributed by atoms with van der Waals surface area (Å²) in [5.74, 6) is -3.05. The van der Waals surface area contributed by atoms with Crippen molar-refractivity contribution >= 4 is 11.7 Å². The summed E-state index contributed by atoms with van der Waals surface area (Å²) >= 11 is 0. The maximum atomic E-state index is 10.7. The Morgan fingerprint density at radius 2 is 1.68 bits per heavy atom. The summed E-state index contributed by atoms with van der Waals surface area (Å²) in [5.41, 5.74) is 2.77. The first kappa shape index (κ1) is 21.0. The highest BCUT2D eigenvalue weighted by Gasteiger charge is 2.38. The van der Waals surface area contributed by atoms with Crippen LogP contribution < -0.4 is 5.32 Å². The molecule has 0 saturated heterocycles. The van der Waals surface area contributed by atoms with Gasteiger partial charge in [0.1, 0.15) is 0 Å². The number of aliphatic carboxylic acids is 1. The Labute approximate surface area is 156 Å². The number of hydrogen-bond donors (Lipinski definition) is 4. The number of phenols is 2. The SMILES string of the molecule is O=C(O)C(F)(F)F.O=[N+]([O-])c1ccc(C2NCCc3cc(O)c(O)cc32)cc1. The number of alkyl halides is 3. The van der Waals surface area contributed by atoms with Crippen molar-refractivity contribution in [3.63, 3.8) is 0 Å². The van der Waals surface area contributed by atoms with Crippen LogP contribution in [0.25, 0.3) is 0 Å². The van der Waals surface area contributed by atoms with Crippen molar-refractivity contribution in [3.05, 3.63) is 63.2 Å². The third kappa shape index (κ3) is 4.88. The van der Waals surface area contributed by atoms with Gasteiger partial charge in [-0.1, -0.05) is 12.1 Å². The van der Waals surface area contributed by atoms with E-state index < -0.39 is 17.1 Å². The Kier molecular flexibility index (Phi) is 6.09. The highest BCUT2D eigenvalue weighted by Crippen LogP contribution is 2.36. The van der Waals surface area contributed by atoms with Crippen LogP contribution in [0.1, 0.15) is 22.7 Å². The lowest BCUT2D eigenvalue weighted by molar-refractivity contribution is -0.384. The average Bonchev–Trinajstić information content (AvgIpc) is 2.62. The van der Waals surface area contributed by atoms with E-state index in [1.807, 2.05) is 0 Å². The van der Waals surface area contributed by atoms with Gasteiger partial charge in [-0.25, -0.2) is 4.79 Å². The van der Waals surface area contributed by atoms with E-state index in [4.69, 9.17) is 9.90 Å². The number of nitro groups is 1. The zero-order valence-corrected chi connectivity index (χ0v) is 14.1. The third-order valence-electron chi connectivity index (χ3n) is 3.97. The summed E-state index contributed by atoms with van der Waals surface area (Å²) in [7, 11) is 0. The van der Waals surface area contributed by atoms with Gasteiger partial charge in [0.15, 0.2) is 11.5 Å². The number of non-ortho nitro benzene ring substituents is 1. The number of halogens is 3. The van der Waals surface area contributed by atoms with Crippen LogP contribution in [-0.4, -0.2) is 38.9 Å². The average molecular weight is 400 g/mol. The van der Waals surface area contributed by atoms with E-state index >= 15 is 0 Å². The number of aromatic hydroxyl groups is 2. The molecule has 0 bridgehead atoms. The van der Waals surface area contributed by atoms with Gasteiger partial charge in [-0.2, -0.15) is 13.2 Å². The molecule has 8 nitrogen and oxygen atoms in total. The highest BCUT2D eigenvalue weighted by molar-refractivity contribution is 5.73.